The summed E-state index contributed by atoms with van der Waals surface area (Å²) in [6, 6.07) is 15.7. The van der Waals surface area contributed by atoms with Gasteiger partial charge in [0.05, 0.1) is 0 Å². The first-order chi connectivity index (χ1) is 13.7. The van der Waals surface area contributed by atoms with Gasteiger partial charge >= 0.3 is 6.01 Å². The number of carbonyl (C=O) groups is 1. The highest BCUT2D eigenvalue weighted by molar-refractivity contribution is 7.99. The number of anilines is 1. The van der Waals surface area contributed by atoms with E-state index in [2.05, 4.69) is 15.5 Å². The molecule has 2 aromatic carbocycles. The second kappa shape index (κ2) is 8.26. The molecular weight excluding hydrogens is 381 g/mol. The molecule has 0 saturated heterocycles. The van der Waals surface area contributed by atoms with E-state index in [-0.39, 0.29) is 23.6 Å². The van der Waals surface area contributed by atoms with E-state index in [1.165, 1.54) is 12.1 Å². The molecule has 0 spiro atoms. The lowest BCUT2D eigenvalue weighted by atomic mass is 10.2. The number of halogens is 1. The number of carbonyl (C=O) groups excluding carboxylic acids is 1. The van der Waals surface area contributed by atoms with E-state index in [9.17, 15) is 9.18 Å². The van der Waals surface area contributed by atoms with E-state index in [4.69, 9.17) is 8.83 Å². The van der Waals surface area contributed by atoms with E-state index < -0.39 is 0 Å². The molecule has 28 heavy (non-hydrogen) atoms. The number of nitrogens with zero attached hydrogens (tertiary/aromatic N) is 2. The van der Waals surface area contributed by atoms with Crippen LogP contribution in [0.25, 0.3) is 22.6 Å². The number of benzene rings is 2. The van der Waals surface area contributed by atoms with Crippen LogP contribution in [0.2, 0.25) is 0 Å². The molecule has 4 aromatic rings. The van der Waals surface area contributed by atoms with Crippen molar-refractivity contribution in [1.29, 1.82) is 0 Å². The Hall–Kier alpha value is -3.13. The predicted octanol–water partition coefficient (Wildman–Crippen LogP) is 5.13. The maximum absolute atomic E-state index is 12.9. The molecule has 0 aliphatic carbocycles. The molecule has 0 fully saturated rings. The van der Waals surface area contributed by atoms with E-state index in [0.29, 0.717) is 18.6 Å². The molecule has 6 nitrogen and oxygen atoms in total. The Kier molecular flexibility index (Phi) is 5.38. The van der Waals surface area contributed by atoms with Crippen LogP contribution in [-0.4, -0.2) is 21.9 Å². The number of aromatic nitrogens is 2. The molecule has 2 heterocycles. The minimum absolute atomic E-state index is 0.0339. The van der Waals surface area contributed by atoms with Gasteiger partial charge in [0.25, 0.3) is 5.89 Å². The average Bonchev–Trinajstić information content (AvgIpc) is 3.33. The lowest BCUT2D eigenvalue weighted by Gasteiger charge is -2.02. The zero-order valence-electron chi connectivity index (χ0n) is 14.7. The smallest absolute Gasteiger partial charge is 0.322 e. The molecule has 0 aliphatic rings. The number of fused-ring (bicyclic) bond motifs is 1. The summed E-state index contributed by atoms with van der Waals surface area (Å²) in [5.74, 6) is 0.931. The Balaban J connectivity index is 1.27. The summed E-state index contributed by atoms with van der Waals surface area (Å²) in [6.45, 7) is 0. The zero-order valence-corrected chi connectivity index (χ0v) is 15.5. The summed E-state index contributed by atoms with van der Waals surface area (Å²) in [4.78, 5) is 13.0. The topological polar surface area (TPSA) is 81.2 Å². The van der Waals surface area contributed by atoms with Crippen molar-refractivity contribution in [3.63, 3.8) is 0 Å². The first-order valence-electron chi connectivity index (χ1n) is 8.68. The van der Waals surface area contributed by atoms with Crippen molar-refractivity contribution in [2.45, 2.75) is 17.7 Å². The largest absolute Gasteiger partial charge is 0.451 e. The Labute approximate surface area is 164 Å². The summed E-state index contributed by atoms with van der Waals surface area (Å²) >= 11 is 1.57. The Morgan fingerprint density at radius 3 is 2.71 bits per heavy atom. The van der Waals surface area contributed by atoms with Crippen molar-refractivity contribution in [3.8, 4) is 11.7 Å². The number of para-hydroxylation sites is 1. The van der Waals surface area contributed by atoms with Crippen LogP contribution < -0.4 is 5.32 Å². The molecule has 0 atom stereocenters. The van der Waals surface area contributed by atoms with Crippen LogP contribution in [0.3, 0.4) is 0 Å². The zero-order chi connectivity index (χ0) is 19.3. The summed E-state index contributed by atoms with van der Waals surface area (Å²) in [5.41, 5.74) is 0.722. The predicted molar refractivity (Wildman–Crippen MR) is 104 cm³/mol. The van der Waals surface area contributed by atoms with Gasteiger partial charge in [0.15, 0.2) is 5.76 Å². The van der Waals surface area contributed by atoms with Crippen molar-refractivity contribution in [2.75, 3.05) is 11.1 Å². The molecule has 0 aliphatic heterocycles. The number of hydrogen-bond acceptors (Lipinski definition) is 6. The Bertz CT molecular complexity index is 1060. The molecule has 8 heteroatoms. The highest BCUT2D eigenvalue weighted by atomic mass is 32.2. The van der Waals surface area contributed by atoms with E-state index in [1.807, 2.05) is 24.3 Å². The van der Waals surface area contributed by atoms with Gasteiger partial charge in [0.1, 0.15) is 11.4 Å². The van der Waals surface area contributed by atoms with Gasteiger partial charge in [-0.25, -0.2) is 4.39 Å². The third-order valence-electron chi connectivity index (χ3n) is 3.94. The molecule has 4 rings (SSSR count). The SMILES string of the molecule is O=C(CCCSc1ccc(F)cc1)Nc1nnc(-c2cc3ccccc3o2)o1. The number of thioether (sulfide) groups is 1. The van der Waals surface area contributed by atoms with Crippen molar-refractivity contribution in [2.24, 2.45) is 0 Å². The summed E-state index contributed by atoms with van der Waals surface area (Å²) in [7, 11) is 0. The Morgan fingerprint density at radius 1 is 1.07 bits per heavy atom. The van der Waals surface area contributed by atoms with Gasteiger partial charge in [-0.2, -0.15) is 0 Å². The van der Waals surface area contributed by atoms with Crippen LogP contribution in [0, 0.1) is 5.82 Å². The lowest BCUT2D eigenvalue weighted by molar-refractivity contribution is -0.116. The third-order valence-corrected chi connectivity index (χ3v) is 5.04. The van der Waals surface area contributed by atoms with E-state index in [1.54, 1.807) is 30.0 Å². The molecule has 142 valence electrons. The average molecular weight is 397 g/mol. The number of hydrogen-bond donors (Lipinski definition) is 1. The molecular formula is C20H16FN3O3S. The van der Waals surface area contributed by atoms with Crippen LogP contribution in [0.5, 0.6) is 0 Å². The molecule has 0 saturated carbocycles. The quantitative estimate of drug-likeness (QED) is 0.344. The van der Waals surface area contributed by atoms with E-state index in [0.717, 1.165) is 21.6 Å². The molecule has 0 radical (unpaired) electrons. The fourth-order valence-corrected chi connectivity index (χ4v) is 3.45. The fourth-order valence-electron chi connectivity index (χ4n) is 2.60. The maximum Gasteiger partial charge on any atom is 0.322 e. The van der Waals surface area contributed by atoms with Gasteiger partial charge in [0.2, 0.25) is 5.91 Å². The molecule has 1 N–H and O–H groups in total. The van der Waals surface area contributed by atoms with Gasteiger partial charge in [-0.1, -0.05) is 23.3 Å². The minimum atomic E-state index is -0.259. The number of furan rings is 1. The Morgan fingerprint density at radius 2 is 1.89 bits per heavy atom. The number of amides is 1. The summed E-state index contributed by atoms with van der Waals surface area (Å²) < 4.78 is 24.0. The summed E-state index contributed by atoms with van der Waals surface area (Å²) in [5, 5.41) is 11.3. The fraction of sp³-hybridized carbons (Fsp3) is 0.150. The monoisotopic (exact) mass is 397 g/mol. The first-order valence-corrected chi connectivity index (χ1v) is 9.66. The van der Waals surface area contributed by atoms with Crippen LogP contribution in [0.15, 0.2) is 68.3 Å². The van der Waals surface area contributed by atoms with Crippen LogP contribution in [-0.2, 0) is 4.79 Å². The van der Waals surface area contributed by atoms with Crippen molar-refractivity contribution in [3.05, 3.63) is 60.4 Å². The van der Waals surface area contributed by atoms with Crippen molar-refractivity contribution >= 4 is 34.7 Å². The highest BCUT2D eigenvalue weighted by Gasteiger charge is 2.15. The normalized spacial score (nSPS) is 11.0. The van der Waals surface area contributed by atoms with Crippen LogP contribution >= 0.6 is 11.8 Å². The van der Waals surface area contributed by atoms with Gasteiger partial charge < -0.3 is 8.83 Å². The summed E-state index contributed by atoms with van der Waals surface area (Å²) in [6.07, 6.45) is 0.981. The third kappa shape index (κ3) is 4.40. The lowest BCUT2D eigenvalue weighted by Crippen LogP contribution is -2.11. The van der Waals surface area contributed by atoms with Gasteiger partial charge in [-0.05, 0) is 48.6 Å². The van der Waals surface area contributed by atoms with Crippen LogP contribution in [0.1, 0.15) is 12.8 Å². The molecule has 0 bridgehead atoms. The second-order valence-electron chi connectivity index (χ2n) is 6.01. The van der Waals surface area contributed by atoms with Crippen molar-refractivity contribution in [1.82, 2.24) is 10.2 Å². The maximum atomic E-state index is 12.9. The standard InChI is InChI=1S/C20H16FN3O3S/c21-14-7-9-15(10-8-14)28-11-3-6-18(25)22-20-24-23-19(27-20)17-12-13-4-1-2-5-16(13)26-17/h1-2,4-5,7-10,12H,3,6,11H2,(H,22,24,25). The second-order valence-corrected chi connectivity index (χ2v) is 7.18. The van der Waals surface area contributed by atoms with Crippen molar-refractivity contribution < 1.29 is 18.0 Å². The number of rotatable bonds is 7. The first kappa shape index (κ1) is 18.2. The molecule has 2 aromatic heterocycles. The van der Waals surface area contributed by atoms with Gasteiger partial charge in [-0.15, -0.1) is 16.9 Å². The van der Waals surface area contributed by atoms with E-state index >= 15 is 0 Å². The molecule has 0 unspecified atom stereocenters. The van der Waals surface area contributed by atoms with Gasteiger partial charge in [-0.3, -0.25) is 10.1 Å². The highest BCUT2D eigenvalue weighted by Crippen LogP contribution is 2.27. The van der Waals surface area contributed by atoms with Gasteiger partial charge in [0, 0.05) is 16.7 Å². The molecule has 1 amide bonds. The van der Waals surface area contributed by atoms with Crippen LogP contribution in [0.4, 0.5) is 10.4 Å². The number of nitrogens with one attached hydrogen (secondary N) is 1. The minimum Gasteiger partial charge on any atom is -0.451 e.